The lowest BCUT2D eigenvalue weighted by molar-refractivity contribution is -0.124. The van der Waals surface area contributed by atoms with Crippen LogP contribution in [0.5, 0.6) is 5.75 Å². The minimum Gasteiger partial charge on any atom is -0.508 e. The van der Waals surface area contributed by atoms with E-state index in [2.05, 4.69) is 0 Å². The van der Waals surface area contributed by atoms with Gasteiger partial charge >= 0.3 is 0 Å². The topological polar surface area (TPSA) is 52.9 Å². The Morgan fingerprint density at radius 1 is 1.04 bits per heavy atom. The molecule has 2 aromatic rings. The largest absolute Gasteiger partial charge is 0.508 e. The highest BCUT2D eigenvalue weighted by molar-refractivity contribution is 8.18. The molecular formula is C22H22N2O2S. The molecule has 5 heteroatoms. The normalized spacial score (nSPS) is 21.3. The number of para-hydroxylation sites is 1. The molecule has 0 radical (unpaired) electrons. The van der Waals surface area contributed by atoms with Crippen LogP contribution in [0.4, 0.5) is 5.69 Å². The van der Waals surface area contributed by atoms with Crippen molar-refractivity contribution in [3.63, 3.8) is 0 Å². The Balaban J connectivity index is 1.69. The van der Waals surface area contributed by atoms with Gasteiger partial charge in [-0.3, -0.25) is 9.69 Å². The van der Waals surface area contributed by atoms with Crippen LogP contribution in [0, 0.1) is 0 Å². The van der Waals surface area contributed by atoms with Crippen LogP contribution >= 0.6 is 11.8 Å². The van der Waals surface area contributed by atoms with Gasteiger partial charge in [0.05, 0.1) is 10.6 Å². The van der Waals surface area contributed by atoms with Gasteiger partial charge in [-0.2, -0.15) is 0 Å². The number of phenols is 1. The van der Waals surface area contributed by atoms with Crippen LogP contribution in [-0.2, 0) is 4.79 Å². The van der Waals surface area contributed by atoms with Crippen molar-refractivity contribution in [2.45, 2.75) is 38.1 Å². The molecule has 1 aliphatic carbocycles. The van der Waals surface area contributed by atoms with E-state index in [0.717, 1.165) is 42.1 Å². The smallest absolute Gasteiger partial charge is 0.267 e. The van der Waals surface area contributed by atoms with Crippen LogP contribution in [0.15, 0.2) is 64.5 Å². The summed E-state index contributed by atoms with van der Waals surface area (Å²) in [6.07, 6.45) is 7.45. The van der Waals surface area contributed by atoms with E-state index in [4.69, 9.17) is 4.99 Å². The predicted octanol–water partition coefficient (Wildman–Crippen LogP) is 5.33. The van der Waals surface area contributed by atoms with Gasteiger partial charge in [0.25, 0.3) is 5.91 Å². The summed E-state index contributed by atoms with van der Waals surface area (Å²) in [4.78, 5) is 20.5. The van der Waals surface area contributed by atoms with Crippen molar-refractivity contribution in [3.05, 3.63) is 65.1 Å². The molecule has 0 aromatic heterocycles. The molecule has 138 valence electrons. The van der Waals surface area contributed by atoms with Gasteiger partial charge in [-0.1, -0.05) is 49.6 Å². The Bertz CT molecular complexity index is 886. The number of phenolic OH excluding ortho intramolecular Hbond substituents is 1. The average Bonchev–Trinajstić information content (AvgIpc) is 2.98. The first-order chi connectivity index (χ1) is 13.2. The number of amidine groups is 1. The zero-order chi connectivity index (χ0) is 18.6. The molecule has 1 N–H and O–H groups in total. The number of aliphatic imine (C=N–C) groups is 1. The Morgan fingerprint density at radius 3 is 2.56 bits per heavy atom. The molecule has 0 unspecified atom stereocenters. The van der Waals surface area contributed by atoms with Crippen LogP contribution in [0.1, 0.15) is 37.7 Å². The van der Waals surface area contributed by atoms with Crippen LogP contribution in [-0.4, -0.2) is 27.1 Å². The molecule has 0 atom stereocenters. The summed E-state index contributed by atoms with van der Waals surface area (Å²) in [5, 5.41) is 10.5. The Labute approximate surface area is 163 Å². The van der Waals surface area contributed by atoms with Gasteiger partial charge in [-0.05, 0) is 60.5 Å². The summed E-state index contributed by atoms with van der Waals surface area (Å²) < 4.78 is 0. The fraction of sp³-hybridized carbons (Fsp3) is 0.273. The van der Waals surface area contributed by atoms with E-state index in [1.807, 2.05) is 47.4 Å². The molecule has 2 fully saturated rings. The second-order valence-corrected chi connectivity index (χ2v) is 7.91. The number of carbonyl (C=O) groups excluding carboxylic acids is 1. The molecule has 4 rings (SSSR count). The number of carbonyl (C=O) groups is 1. The highest BCUT2D eigenvalue weighted by Gasteiger charge is 2.38. The summed E-state index contributed by atoms with van der Waals surface area (Å²) >= 11 is 1.42. The van der Waals surface area contributed by atoms with Crippen LogP contribution in [0.2, 0.25) is 0 Å². The summed E-state index contributed by atoms with van der Waals surface area (Å²) in [7, 11) is 0. The summed E-state index contributed by atoms with van der Waals surface area (Å²) in [5.41, 5.74) is 1.67. The van der Waals surface area contributed by atoms with Crippen molar-refractivity contribution in [1.82, 2.24) is 4.90 Å². The molecule has 1 heterocycles. The number of hydrogen-bond donors (Lipinski definition) is 1. The first kappa shape index (κ1) is 17.9. The standard InChI is InChI=1S/C22H22N2O2S/c25-19-13-7-8-16(14-19)15-20-21(26)24(18-11-5-2-6-12-18)22(27-20)23-17-9-3-1-4-10-17/h1,3-4,7-10,13-15,18,25H,2,5-6,11-12H2/b20-15-,23-22?. The monoisotopic (exact) mass is 378 g/mol. The van der Waals surface area contributed by atoms with Crippen molar-refractivity contribution in [2.75, 3.05) is 0 Å². The van der Waals surface area contributed by atoms with Gasteiger partial charge < -0.3 is 5.11 Å². The third-order valence-electron chi connectivity index (χ3n) is 4.93. The van der Waals surface area contributed by atoms with Crippen LogP contribution in [0.25, 0.3) is 6.08 Å². The van der Waals surface area contributed by atoms with E-state index in [9.17, 15) is 9.90 Å². The molecular weight excluding hydrogens is 356 g/mol. The maximum atomic E-state index is 13.2. The van der Waals surface area contributed by atoms with E-state index in [1.165, 1.54) is 18.2 Å². The fourth-order valence-electron chi connectivity index (χ4n) is 3.60. The second-order valence-electron chi connectivity index (χ2n) is 6.90. The number of rotatable bonds is 3. The molecule has 0 spiro atoms. The quantitative estimate of drug-likeness (QED) is 0.735. The van der Waals surface area contributed by atoms with Crippen molar-refractivity contribution < 1.29 is 9.90 Å². The molecule has 4 nitrogen and oxygen atoms in total. The van der Waals surface area contributed by atoms with Crippen molar-refractivity contribution in [3.8, 4) is 5.75 Å². The first-order valence-corrected chi connectivity index (χ1v) is 10.2. The highest BCUT2D eigenvalue weighted by Crippen LogP contribution is 2.38. The maximum Gasteiger partial charge on any atom is 0.267 e. The Morgan fingerprint density at radius 2 is 1.81 bits per heavy atom. The van der Waals surface area contributed by atoms with Gasteiger partial charge in [-0.25, -0.2) is 4.99 Å². The molecule has 27 heavy (non-hydrogen) atoms. The number of thioether (sulfide) groups is 1. The van der Waals surface area contributed by atoms with Crippen molar-refractivity contribution in [1.29, 1.82) is 0 Å². The summed E-state index contributed by atoms with van der Waals surface area (Å²) in [6, 6.07) is 17.0. The van der Waals surface area contributed by atoms with Crippen LogP contribution in [0.3, 0.4) is 0 Å². The van der Waals surface area contributed by atoms with E-state index >= 15 is 0 Å². The zero-order valence-corrected chi connectivity index (χ0v) is 15.9. The number of aromatic hydroxyl groups is 1. The third kappa shape index (κ3) is 4.08. The highest BCUT2D eigenvalue weighted by atomic mass is 32.2. The first-order valence-electron chi connectivity index (χ1n) is 9.36. The molecule has 2 aromatic carbocycles. The number of hydrogen-bond acceptors (Lipinski definition) is 4. The van der Waals surface area contributed by atoms with Gasteiger partial charge in [0.1, 0.15) is 5.75 Å². The van der Waals surface area contributed by atoms with Gasteiger partial charge in [0.2, 0.25) is 0 Å². The summed E-state index contributed by atoms with van der Waals surface area (Å²) in [6.45, 7) is 0. The van der Waals surface area contributed by atoms with Crippen LogP contribution < -0.4 is 0 Å². The minimum absolute atomic E-state index is 0.0184. The van der Waals surface area contributed by atoms with Gasteiger partial charge in [0, 0.05) is 6.04 Å². The van der Waals surface area contributed by atoms with Crippen molar-refractivity contribution in [2.24, 2.45) is 4.99 Å². The molecule has 0 bridgehead atoms. The van der Waals surface area contributed by atoms with E-state index in [1.54, 1.807) is 18.2 Å². The Kier molecular flexibility index (Phi) is 5.30. The second kappa shape index (κ2) is 8.01. The maximum absolute atomic E-state index is 13.2. The van der Waals surface area contributed by atoms with E-state index in [0.29, 0.717) is 4.91 Å². The number of nitrogens with zero attached hydrogens (tertiary/aromatic N) is 2. The molecule has 1 amide bonds. The molecule has 1 saturated heterocycles. The molecule has 2 aliphatic rings. The lowest BCUT2D eigenvalue weighted by atomic mass is 9.94. The third-order valence-corrected chi connectivity index (χ3v) is 5.91. The number of amides is 1. The fourth-order valence-corrected chi connectivity index (χ4v) is 4.66. The van der Waals surface area contributed by atoms with Gasteiger partial charge in [0.15, 0.2) is 5.17 Å². The number of benzene rings is 2. The van der Waals surface area contributed by atoms with E-state index < -0.39 is 0 Å². The lowest BCUT2D eigenvalue weighted by Crippen LogP contribution is -2.40. The van der Waals surface area contributed by atoms with E-state index in [-0.39, 0.29) is 17.7 Å². The summed E-state index contributed by atoms with van der Waals surface area (Å²) in [5.74, 6) is 0.215. The SMILES string of the molecule is O=C1/C(=C/c2cccc(O)c2)SC(=Nc2ccccc2)N1C1CCCCC1. The minimum atomic E-state index is 0.0184. The Hall–Kier alpha value is -2.53. The van der Waals surface area contributed by atoms with Gasteiger partial charge in [-0.15, -0.1) is 0 Å². The molecule has 1 aliphatic heterocycles. The average molecular weight is 378 g/mol. The van der Waals surface area contributed by atoms with Crippen molar-refractivity contribution >= 4 is 34.6 Å². The predicted molar refractivity (Wildman–Crippen MR) is 111 cm³/mol. The zero-order valence-electron chi connectivity index (χ0n) is 15.0. The lowest BCUT2D eigenvalue weighted by Gasteiger charge is -2.30. The molecule has 1 saturated carbocycles.